The zero-order valence-corrected chi connectivity index (χ0v) is 21.2. The Bertz CT molecular complexity index is 1140. The van der Waals surface area contributed by atoms with Gasteiger partial charge in [0.2, 0.25) is 5.91 Å². The van der Waals surface area contributed by atoms with E-state index in [9.17, 15) is 4.79 Å². The largest absolute Gasteiger partial charge is 0.493 e. The summed E-state index contributed by atoms with van der Waals surface area (Å²) in [5, 5.41) is 0.877. The summed E-state index contributed by atoms with van der Waals surface area (Å²) in [6, 6.07) is 22.0. The van der Waals surface area contributed by atoms with Gasteiger partial charge in [-0.25, -0.2) is 0 Å². The molecule has 1 unspecified atom stereocenters. The summed E-state index contributed by atoms with van der Waals surface area (Å²) in [6.45, 7) is 1.73. The van der Waals surface area contributed by atoms with Gasteiger partial charge in [0, 0.05) is 23.0 Å². The zero-order valence-electron chi connectivity index (χ0n) is 19.7. The Balaban J connectivity index is 1.43. The second kappa shape index (κ2) is 11.2. The lowest BCUT2D eigenvalue weighted by atomic mass is 10.1. The molecule has 1 heterocycles. The minimum absolute atomic E-state index is 0.0986. The number of fused-ring (bicyclic) bond motifs is 1. The third-order valence-electron chi connectivity index (χ3n) is 5.95. The molecule has 0 saturated carbocycles. The van der Waals surface area contributed by atoms with Crippen LogP contribution in [0.3, 0.4) is 0 Å². The summed E-state index contributed by atoms with van der Waals surface area (Å²) >= 11 is 7.88. The van der Waals surface area contributed by atoms with Crippen molar-refractivity contribution in [2.75, 3.05) is 45.8 Å². The molecular formula is C27H29ClN2O3S. The highest BCUT2D eigenvalue weighted by molar-refractivity contribution is 7.99. The van der Waals surface area contributed by atoms with E-state index in [2.05, 4.69) is 11.0 Å². The van der Waals surface area contributed by atoms with Crippen LogP contribution in [0.5, 0.6) is 11.5 Å². The fraction of sp³-hybridized carbons (Fsp3) is 0.296. The van der Waals surface area contributed by atoms with Crippen LogP contribution in [0, 0.1) is 0 Å². The standard InChI is InChI=1S/C27H29ClN2O3S/c1-29(15-14-19-8-13-23(32-2)24(16-19)33-3)18-27(31)30-17-26(20-9-11-21(28)12-10-20)34-25-7-5-4-6-22(25)30/h4-13,16,26H,14-15,17-18H2,1-3H3. The number of benzene rings is 3. The van der Waals surface area contributed by atoms with Gasteiger partial charge in [-0.15, -0.1) is 11.8 Å². The second-order valence-electron chi connectivity index (χ2n) is 8.31. The number of nitrogens with zero attached hydrogens (tertiary/aromatic N) is 2. The van der Waals surface area contributed by atoms with Crippen molar-refractivity contribution in [1.82, 2.24) is 4.90 Å². The molecule has 3 aromatic rings. The zero-order chi connectivity index (χ0) is 24.1. The number of carbonyl (C=O) groups excluding carboxylic acids is 1. The number of thioether (sulfide) groups is 1. The van der Waals surface area contributed by atoms with E-state index in [-0.39, 0.29) is 11.2 Å². The number of amides is 1. The second-order valence-corrected chi connectivity index (χ2v) is 9.99. The first kappa shape index (κ1) is 24.5. The molecule has 0 radical (unpaired) electrons. The third kappa shape index (κ3) is 5.69. The summed E-state index contributed by atoms with van der Waals surface area (Å²) in [5.74, 6) is 1.53. The molecule has 0 fully saturated rings. The number of hydrogen-bond acceptors (Lipinski definition) is 5. The maximum atomic E-state index is 13.4. The molecule has 5 nitrogen and oxygen atoms in total. The Morgan fingerprint density at radius 3 is 2.53 bits per heavy atom. The molecule has 178 valence electrons. The van der Waals surface area contributed by atoms with Gasteiger partial charge in [-0.2, -0.15) is 0 Å². The van der Waals surface area contributed by atoms with E-state index in [1.165, 1.54) is 5.56 Å². The van der Waals surface area contributed by atoms with Crippen LogP contribution in [0.25, 0.3) is 0 Å². The molecule has 0 bridgehead atoms. The average molecular weight is 497 g/mol. The number of para-hydroxylation sites is 1. The number of methoxy groups -OCH3 is 2. The van der Waals surface area contributed by atoms with Crippen LogP contribution in [-0.2, 0) is 11.2 Å². The van der Waals surface area contributed by atoms with Gasteiger partial charge in [0.05, 0.1) is 31.7 Å². The molecule has 0 aromatic heterocycles. The Morgan fingerprint density at radius 1 is 1.06 bits per heavy atom. The molecule has 1 aliphatic heterocycles. The first-order valence-corrected chi connectivity index (χ1v) is 12.4. The molecule has 1 aliphatic rings. The fourth-order valence-corrected chi connectivity index (χ4v) is 5.48. The van der Waals surface area contributed by atoms with E-state index in [0.717, 1.165) is 34.9 Å². The van der Waals surface area contributed by atoms with E-state index in [0.29, 0.717) is 23.9 Å². The SMILES string of the molecule is COc1ccc(CCN(C)CC(=O)N2CC(c3ccc(Cl)cc3)Sc3ccccc32)cc1OC. The first-order valence-electron chi connectivity index (χ1n) is 11.2. The Kier molecular flexibility index (Phi) is 8.03. The van der Waals surface area contributed by atoms with E-state index in [1.54, 1.807) is 26.0 Å². The molecule has 3 aromatic carbocycles. The van der Waals surface area contributed by atoms with Crippen LogP contribution in [0.4, 0.5) is 5.69 Å². The average Bonchev–Trinajstić information content (AvgIpc) is 2.87. The van der Waals surface area contributed by atoms with Gasteiger partial charge in [0.25, 0.3) is 0 Å². The Morgan fingerprint density at radius 2 is 1.79 bits per heavy atom. The Labute approximate surface area is 210 Å². The first-order chi connectivity index (χ1) is 16.5. The third-order valence-corrected chi connectivity index (χ3v) is 7.51. The molecule has 0 aliphatic carbocycles. The van der Waals surface area contributed by atoms with Crippen molar-refractivity contribution in [3.8, 4) is 11.5 Å². The number of rotatable bonds is 8. The van der Waals surface area contributed by atoms with Crippen molar-refractivity contribution < 1.29 is 14.3 Å². The maximum Gasteiger partial charge on any atom is 0.241 e. The smallest absolute Gasteiger partial charge is 0.241 e. The molecule has 1 atom stereocenters. The minimum atomic E-state index is 0.0986. The van der Waals surface area contributed by atoms with Crippen LogP contribution >= 0.6 is 23.4 Å². The summed E-state index contributed by atoms with van der Waals surface area (Å²) in [5.41, 5.74) is 3.29. The normalized spacial score (nSPS) is 15.2. The summed E-state index contributed by atoms with van der Waals surface area (Å²) in [7, 11) is 5.25. The van der Waals surface area contributed by atoms with Crippen LogP contribution in [0.15, 0.2) is 71.6 Å². The summed E-state index contributed by atoms with van der Waals surface area (Å²) in [4.78, 5) is 18.5. The van der Waals surface area contributed by atoms with Crippen molar-refractivity contribution in [1.29, 1.82) is 0 Å². The molecule has 0 N–H and O–H groups in total. The molecule has 0 spiro atoms. The Hall–Kier alpha value is -2.67. The van der Waals surface area contributed by atoms with Crippen molar-refractivity contribution in [3.05, 3.63) is 82.9 Å². The van der Waals surface area contributed by atoms with Crippen molar-refractivity contribution in [2.24, 2.45) is 0 Å². The van der Waals surface area contributed by atoms with Gasteiger partial charge in [-0.1, -0.05) is 41.9 Å². The predicted octanol–water partition coefficient (Wildman–Crippen LogP) is 5.71. The van der Waals surface area contributed by atoms with Gasteiger partial charge >= 0.3 is 0 Å². The van der Waals surface area contributed by atoms with Crippen molar-refractivity contribution in [3.63, 3.8) is 0 Å². The van der Waals surface area contributed by atoms with Crippen LogP contribution in [0.1, 0.15) is 16.4 Å². The monoisotopic (exact) mass is 496 g/mol. The van der Waals surface area contributed by atoms with E-state index in [1.807, 2.05) is 72.6 Å². The molecule has 4 rings (SSSR count). The van der Waals surface area contributed by atoms with Crippen LogP contribution < -0.4 is 14.4 Å². The lowest BCUT2D eigenvalue weighted by Crippen LogP contribution is -2.42. The van der Waals surface area contributed by atoms with Crippen LogP contribution in [-0.4, -0.2) is 51.7 Å². The quantitative estimate of drug-likeness (QED) is 0.399. The van der Waals surface area contributed by atoms with Crippen LogP contribution in [0.2, 0.25) is 5.02 Å². The van der Waals surface area contributed by atoms with E-state index in [4.69, 9.17) is 21.1 Å². The number of hydrogen-bond donors (Lipinski definition) is 0. The number of halogens is 1. The lowest BCUT2D eigenvalue weighted by Gasteiger charge is -2.35. The van der Waals surface area contributed by atoms with Crippen molar-refractivity contribution >= 4 is 35.0 Å². The highest BCUT2D eigenvalue weighted by atomic mass is 35.5. The topological polar surface area (TPSA) is 42.0 Å². The predicted molar refractivity (Wildman–Crippen MR) is 140 cm³/mol. The van der Waals surface area contributed by atoms with E-state index < -0.39 is 0 Å². The number of ether oxygens (including phenoxy) is 2. The molecule has 7 heteroatoms. The molecule has 0 saturated heterocycles. The number of anilines is 1. The lowest BCUT2D eigenvalue weighted by molar-refractivity contribution is -0.119. The fourth-order valence-electron chi connectivity index (χ4n) is 4.07. The minimum Gasteiger partial charge on any atom is -0.493 e. The number of carbonyl (C=O) groups is 1. The van der Waals surface area contributed by atoms with Gasteiger partial charge in [0.15, 0.2) is 11.5 Å². The van der Waals surface area contributed by atoms with Crippen molar-refractivity contribution in [2.45, 2.75) is 16.6 Å². The maximum absolute atomic E-state index is 13.4. The summed E-state index contributed by atoms with van der Waals surface area (Å²) in [6.07, 6.45) is 0.809. The highest BCUT2D eigenvalue weighted by Gasteiger charge is 2.30. The molecule has 1 amide bonds. The highest BCUT2D eigenvalue weighted by Crippen LogP contribution is 2.45. The van der Waals surface area contributed by atoms with E-state index >= 15 is 0 Å². The number of likely N-dealkylation sites (N-methyl/N-ethyl adjacent to an activating group) is 1. The summed E-state index contributed by atoms with van der Waals surface area (Å²) < 4.78 is 10.7. The van der Waals surface area contributed by atoms with Gasteiger partial charge in [-0.05, 0) is 61.0 Å². The molecular weight excluding hydrogens is 468 g/mol. The van der Waals surface area contributed by atoms with Gasteiger partial charge in [-0.3, -0.25) is 9.69 Å². The van der Waals surface area contributed by atoms with Gasteiger partial charge in [0.1, 0.15) is 0 Å². The van der Waals surface area contributed by atoms with Gasteiger partial charge < -0.3 is 14.4 Å². The molecule has 34 heavy (non-hydrogen) atoms.